The van der Waals surface area contributed by atoms with E-state index < -0.39 is 0 Å². The van der Waals surface area contributed by atoms with E-state index in [1.807, 2.05) is 11.4 Å². The number of Topliss-reactive ketones (excluding diaryl/α,β-unsaturated/α-hetero) is 1. The van der Waals surface area contributed by atoms with Crippen LogP contribution in [-0.4, -0.2) is 17.9 Å². The van der Waals surface area contributed by atoms with Crippen LogP contribution in [0, 0.1) is 12.8 Å². The second-order valence-corrected chi connectivity index (χ2v) is 6.66. The van der Waals surface area contributed by atoms with Gasteiger partial charge in [-0.05, 0) is 44.6 Å². The lowest BCUT2D eigenvalue weighted by Gasteiger charge is -2.28. The fourth-order valence-corrected chi connectivity index (χ4v) is 4.02. The number of fused-ring (bicyclic) bond motifs is 2. The Hall–Kier alpha value is -0.670. The van der Waals surface area contributed by atoms with Crippen LogP contribution in [0.25, 0.3) is 0 Å². The maximum Gasteiger partial charge on any atom is 0.163 e. The third kappa shape index (κ3) is 2.45. The predicted octanol–water partition coefficient (Wildman–Crippen LogP) is 3.16. The van der Waals surface area contributed by atoms with Crippen molar-refractivity contribution < 1.29 is 4.79 Å². The van der Waals surface area contributed by atoms with E-state index in [-0.39, 0.29) is 0 Å². The van der Waals surface area contributed by atoms with Crippen LogP contribution in [0.2, 0.25) is 0 Å². The van der Waals surface area contributed by atoms with Crippen LogP contribution >= 0.6 is 11.3 Å². The first-order valence-electron chi connectivity index (χ1n) is 6.55. The van der Waals surface area contributed by atoms with Gasteiger partial charge >= 0.3 is 0 Å². The van der Waals surface area contributed by atoms with Gasteiger partial charge in [0, 0.05) is 34.3 Å². The SMILES string of the molecule is Cc1cc(C(=O)CC2CC3CCC(C2)N3)cs1. The zero-order valence-electron chi connectivity index (χ0n) is 10.2. The Morgan fingerprint density at radius 3 is 2.71 bits per heavy atom. The zero-order valence-corrected chi connectivity index (χ0v) is 11.1. The van der Waals surface area contributed by atoms with Gasteiger partial charge in [-0.2, -0.15) is 0 Å². The van der Waals surface area contributed by atoms with Crippen LogP contribution in [0.3, 0.4) is 0 Å². The highest BCUT2D eigenvalue weighted by Gasteiger charge is 2.34. The average molecular weight is 249 g/mol. The minimum Gasteiger partial charge on any atom is -0.311 e. The van der Waals surface area contributed by atoms with Gasteiger partial charge < -0.3 is 5.32 Å². The van der Waals surface area contributed by atoms with Crippen molar-refractivity contribution in [2.45, 2.75) is 51.1 Å². The van der Waals surface area contributed by atoms with E-state index >= 15 is 0 Å². The molecule has 0 aromatic carbocycles. The monoisotopic (exact) mass is 249 g/mol. The molecule has 3 heterocycles. The zero-order chi connectivity index (χ0) is 11.8. The maximum atomic E-state index is 12.1. The summed E-state index contributed by atoms with van der Waals surface area (Å²) in [6.45, 7) is 2.06. The Balaban J connectivity index is 1.62. The molecule has 0 amide bonds. The molecule has 2 aliphatic heterocycles. The highest BCUT2D eigenvalue weighted by molar-refractivity contribution is 7.10. The number of piperidine rings is 1. The lowest BCUT2D eigenvalue weighted by atomic mass is 9.87. The normalized spacial score (nSPS) is 31.7. The summed E-state index contributed by atoms with van der Waals surface area (Å²) in [4.78, 5) is 13.4. The molecule has 1 aromatic rings. The van der Waals surface area contributed by atoms with Gasteiger partial charge in [0.25, 0.3) is 0 Å². The fourth-order valence-electron chi connectivity index (χ4n) is 3.31. The van der Waals surface area contributed by atoms with Crippen LogP contribution in [0.4, 0.5) is 0 Å². The van der Waals surface area contributed by atoms with Crippen molar-refractivity contribution in [2.75, 3.05) is 0 Å². The molecule has 1 N–H and O–H groups in total. The quantitative estimate of drug-likeness (QED) is 0.834. The number of hydrogen-bond acceptors (Lipinski definition) is 3. The molecule has 3 heteroatoms. The molecule has 0 spiro atoms. The van der Waals surface area contributed by atoms with Gasteiger partial charge in [-0.25, -0.2) is 0 Å². The summed E-state index contributed by atoms with van der Waals surface area (Å²) in [6.07, 6.45) is 5.78. The van der Waals surface area contributed by atoms with E-state index in [9.17, 15) is 4.79 Å². The molecule has 2 nitrogen and oxygen atoms in total. The Morgan fingerprint density at radius 1 is 1.41 bits per heavy atom. The van der Waals surface area contributed by atoms with Gasteiger partial charge in [-0.1, -0.05) is 0 Å². The van der Waals surface area contributed by atoms with Crippen LogP contribution < -0.4 is 5.32 Å². The van der Waals surface area contributed by atoms with Gasteiger partial charge in [0.15, 0.2) is 5.78 Å². The van der Waals surface area contributed by atoms with Crippen LogP contribution in [0.5, 0.6) is 0 Å². The van der Waals surface area contributed by atoms with Crippen molar-refractivity contribution in [3.8, 4) is 0 Å². The van der Waals surface area contributed by atoms with Crippen LogP contribution in [0.15, 0.2) is 11.4 Å². The number of ketones is 1. The summed E-state index contributed by atoms with van der Waals surface area (Å²) in [6, 6.07) is 3.41. The van der Waals surface area contributed by atoms with Gasteiger partial charge in [0.1, 0.15) is 0 Å². The summed E-state index contributed by atoms with van der Waals surface area (Å²) in [5.41, 5.74) is 0.929. The average Bonchev–Trinajstić information content (AvgIpc) is 2.85. The Kier molecular flexibility index (Phi) is 3.05. The predicted molar refractivity (Wildman–Crippen MR) is 70.7 cm³/mol. The van der Waals surface area contributed by atoms with Crippen molar-refractivity contribution in [1.82, 2.24) is 5.32 Å². The largest absolute Gasteiger partial charge is 0.311 e. The van der Waals surface area contributed by atoms with E-state index in [0.29, 0.717) is 23.8 Å². The Morgan fingerprint density at radius 2 is 2.12 bits per heavy atom. The molecule has 17 heavy (non-hydrogen) atoms. The molecule has 92 valence electrons. The van der Waals surface area contributed by atoms with Crippen molar-refractivity contribution >= 4 is 17.1 Å². The highest BCUT2D eigenvalue weighted by Crippen LogP contribution is 2.33. The van der Waals surface area contributed by atoms with E-state index in [4.69, 9.17) is 0 Å². The van der Waals surface area contributed by atoms with Crippen molar-refractivity contribution in [2.24, 2.45) is 5.92 Å². The second kappa shape index (κ2) is 4.54. The number of rotatable bonds is 3. The van der Waals surface area contributed by atoms with Crippen molar-refractivity contribution in [3.05, 3.63) is 21.9 Å². The number of hydrogen-bond donors (Lipinski definition) is 1. The van der Waals surface area contributed by atoms with E-state index in [1.165, 1.54) is 30.6 Å². The maximum absolute atomic E-state index is 12.1. The fraction of sp³-hybridized carbons (Fsp3) is 0.643. The van der Waals surface area contributed by atoms with Gasteiger partial charge in [-0.15, -0.1) is 11.3 Å². The van der Waals surface area contributed by atoms with Crippen LogP contribution in [0.1, 0.15) is 47.3 Å². The standard InChI is InChI=1S/C14H19NOS/c1-9-4-11(8-17-9)14(16)7-10-5-12-2-3-13(6-10)15-12/h4,8,10,12-13,15H,2-3,5-7H2,1H3. The highest BCUT2D eigenvalue weighted by atomic mass is 32.1. The Bertz CT molecular complexity index is 414. The summed E-state index contributed by atoms with van der Waals surface area (Å²) < 4.78 is 0. The smallest absolute Gasteiger partial charge is 0.163 e. The molecule has 2 unspecified atom stereocenters. The van der Waals surface area contributed by atoms with Crippen molar-refractivity contribution in [1.29, 1.82) is 0 Å². The molecule has 2 aliphatic rings. The molecule has 3 rings (SSSR count). The molecule has 2 atom stereocenters. The van der Waals surface area contributed by atoms with Gasteiger partial charge in [0.2, 0.25) is 0 Å². The number of nitrogens with one attached hydrogen (secondary N) is 1. The minimum atomic E-state index is 0.348. The molecule has 1 aromatic heterocycles. The second-order valence-electron chi connectivity index (χ2n) is 5.55. The lowest BCUT2D eigenvalue weighted by Crippen LogP contribution is -2.38. The molecular formula is C14H19NOS. The summed E-state index contributed by atoms with van der Waals surface area (Å²) in [7, 11) is 0. The summed E-state index contributed by atoms with van der Waals surface area (Å²) in [5.74, 6) is 0.960. The summed E-state index contributed by atoms with van der Waals surface area (Å²) >= 11 is 1.68. The number of carbonyl (C=O) groups excluding carboxylic acids is 1. The molecule has 2 fully saturated rings. The first kappa shape index (κ1) is 11.4. The lowest BCUT2D eigenvalue weighted by molar-refractivity contribution is 0.0946. The third-order valence-corrected chi connectivity index (χ3v) is 4.96. The minimum absolute atomic E-state index is 0.348. The van der Waals surface area contributed by atoms with E-state index in [1.54, 1.807) is 11.3 Å². The van der Waals surface area contributed by atoms with E-state index in [2.05, 4.69) is 12.2 Å². The van der Waals surface area contributed by atoms with E-state index in [0.717, 1.165) is 12.0 Å². The Labute approximate surface area is 106 Å². The number of aryl methyl sites for hydroxylation is 1. The molecule has 0 saturated carbocycles. The molecular weight excluding hydrogens is 230 g/mol. The topological polar surface area (TPSA) is 29.1 Å². The van der Waals surface area contributed by atoms with Gasteiger partial charge in [0.05, 0.1) is 0 Å². The third-order valence-electron chi connectivity index (χ3n) is 4.10. The molecule has 0 aliphatic carbocycles. The van der Waals surface area contributed by atoms with Crippen LogP contribution in [-0.2, 0) is 0 Å². The molecule has 0 radical (unpaired) electrons. The molecule has 2 bridgehead atoms. The number of carbonyl (C=O) groups is 1. The summed E-state index contributed by atoms with van der Waals surface area (Å²) in [5, 5.41) is 5.64. The first-order valence-corrected chi connectivity index (χ1v) is 7.43. The number of thiophene rings is 1. The first-order chi connectivity index (χ1) is 8.20. The van der Waals surface area contributed by atoms with Gasteiger partial charge in [-0.3, -0.25) is 4.79 Å². The molecule has 2 saturated heterocycles. The van der Waals surface area contributed by atoms with Crippen molar-refractivity contribution in [3.63, 3.8) is 0 Å².